The van der Waals surface area contributed by atoms with Gasteiger partial charge in [-0.25, -0.2) is 4.98 Å². The zero-order chi connectivity index (χ0) is 21.0. The molecule has 1 aliphatic rings. The van der Waals surface area contributed by atoms with E-state index < -0.39 is 5.54 Å². The monoisotopic (exact) mass is 390 g/mol. The van der Waals surface area contributed by atoms with Crippen LogP contribution in [0.5, 0.6) is 5.88 Å². The van der Waals surface area contributed by atoms with Crippen molar-refractivity contribution in [3.05, 3.63) is 65.5 Å². The third kappa shape index (κ3) is 3.83. The maximum atomic E-state index is 13.3. The second kappa shape index (κ2) is 8.15. The van der Waals surface area contributed by atoms with Gasteiger partial charge in [-0.1, -0.05) is 30.3 Å². The van der Waals surface area contributed by atoms with Crippen molar-refractivity contribution < 1.29 is 14.3 Å². The highest BCUT2D eigenvalue weighted by molar-refractivity contribution is 6.08. The number of hydrogen-bond donors (Lipinski definition) is 0. The summed E-state index contributed by atoms with van der Waals surface area (Å²) in [4.78, 5) is 33.4. The number of piperazine rings is 1. The van der Waals surface area contributed by atoms with Crippen molar-refractivity contribution in [3.63, 3.8) is 0 Å². The molecule has 3 rings (SSSR count). The van der Waals surface area contributed by atoms with Crippen molar-refractivity contribution >= 4 is 17.9 Å². The molecule has 2 amide bonds. The molecular formula is C22H22N4O3. The molecule has 2 heterocycles. The number of nitriles is 1. The summed E-state index contributed by atoms with van der Waals surface area (Å²) >= 11 is 0. The highest BCUT2D eigenvalue weighted by Gasteiger charge is 2.48. The summed E-state index contributed by atoms with van der Waals surface area (Å²) in [5.41, 5.74) is 0.714. The molecule has 1 aromatic heterocycles. The first-order valence-electron chi connectivity index (χ1n) is 9.15. The molecule has 0 saturated carbocycles. The second-order valence-corrected chi connectivity index (χ2v) is 7.04. The van der Waals surface area contributed by atoms with Crippen molar-refractivity contribution in [1.82, 2.24) is 14.8 Å². The Bertz CT molecular complexity index is 997. The van der Waals surface area contributed by atoms with Crippen LogP contribution in [0.25, 0.3) is 6.08 Å². The molecule has 29 heavy (non-hydrogen) atoms. The normalized spacial score (nSPS) is 20.7. The fourth-order valence-electron chi connectivity index (χ4n) is 3.38. The first-order chi connectivity index (χ1) is 13.9. The highest BCUT2D eigenvalue weighted by atomic mass is 16.5. The average molecular weight is 390 g/mol. The van der Waals surface area contributed by atoms with E-state index in [1.807, 2.05) is 36.4 Å². The molecule has 1 aliphatic heterocycles. The molecule has 1 atom stereocenters. The van der Waals surface area contributed by atoms with Crippen LogP contribution in [0.2, 0.25) is 0 Å². The van der Waals surface area contributed by atoms with E-state index in [4.69, 9.17) is 10.00 Å². The lowest BCUT2D eigenvalue weighted by atomic mass is 9.87. The lowest BCUT2D eigenvalue weighted by Crippen LogP contribution is -2.64. The number of benzene rings is 1. The first kappa shape index (κ1) is 20.1. The zero-order valence-corrected chi connectivity index (χ0v) is 16.6. The van der Waals surface area contributed by atoms with Crippen LogP contribution in [0.3, 0.4) is 0 Å². The van der Waals surface area contributed by atoms with Crippen LogP contribution >= 0.6 is 0 Å². The summed E-state index contributed by atoms with van der Waals surface area (Å²) in [5, 5.41) is 8.74. The summed E-state index contributed by atoms with van der Waals surface area (Å²) < 4.78 is 5.33. The van der Waals surface area contributed by atoms with E-state index in [9.17, 15) is 9.59 Å². The fourth-order valence-corrected chi connectivity index (χ4v) is 3.38. The van der Waals surface area contributed by atoms with Crippen molar-refractivity contribution in [1.29, 1.82) is 5.26 Å². The summed E-state index contributed by atoms with van der Waals surface area (Å²) in [6.45, 7) is 1.62. The van der Waals surface area contributed by atoms with E-state index in [1.165, 1.54) is 16.0 Å². The topological polar surface area (TPSA) is 86.5 Å². The van der Waals surface area contributed by atoms with Crippen molar-refractivity contribution in [2.75, 3.05) is 20.7 Å². The van der Waals surface area contributed by atoms with E-state index in [0.717, 1.165) is 5.56 Å². The number of ether oxygens (including phenoxy) is 1. The number of aromatic nitrogens is 1. The van der Waals surface area contributed by atoms with Crippen LogP contribution in [0.1, 0.15) is 18.1 Å². The van der Waals surface area contributed by atoms with E-state index in [-0.39, 0.29) is 30.0 Å². The molecule has 1 saturated heterocycles. The van der Waals surface area contributed by atoms with Crippen LogP contribution in [-0.4, -0.2) is 52.8 Å². The van der Waals surface area contributed by atoms with Gasteiger partial charge in [-0.3, -0.25) is 9.59 Å². The van der Waals surface area contributed by atoms with Gasteiger partial charge in [0.2, 0.25) is 5.88 Å². The maximum Gasteiger partial charge on any atom is 0.271 e. The smallest absolute Gasteiger partial charge is 0.271 e. The molecule has 0 N–H and O–H groups in total. The van der Waals surface area contributed by atoms with E-state index in [0.29, 0.717) is 12.0 Å². The van der Waals surface area contributed by atoms with Gasteiger partial charge in [0.05, 0.1) is 0 Å². The number of carbonyl (C=O) groups is 2. The van der Waals surface area contributed by atoms with E-state index in [2.05, 4.69) is 4.98 Å². The van der Waals surface area contributed by atoms with Crippen LogP contribution in [-0.2, 0) is 16.0 Å². The molecule has 0 aliphatic carbocycles. The van der Waals surface area contributed by atoms with E-state index in [1.54, 1.807) is 39.2 Å². The second-order valence-electron chi connectivity index (χ2n) is 7.04. The van der Waals surface area contributed by atoms with Gasteiger partial charge < -0.3 is 14.5 Å². The Balaban J connectivity index is 1.96. The average Bonchev–Trinajstić information content (AvgIpc) is 2.74. The minimum absolute atomic E-state index is 0.162. The molecule has 7 heteroatoms. The van der Waals surface area contributed by atoms with Gasteiger partial charge in [-0.05, 0) is 30.7 Å². The van der Waals surface area contributed by atoms with Crippen molar-refractivity contribution in [3.8, 4) is 11.9 Å². The van der Waals surface area contributed by atoms with Gasteiger partial charge in [-0.15, -0.1) is 0 Å². The molecule has 1 unspecified atom stereocenters. The number of nitrogens with zero attached hydrogens (tertiary/aromatic N) is 4. The van der Waals surface area contributed by atoms with Crippen LogP contribution in [0, 0.1) is 11.3 Å². The molecule has 2 aromatic rings. The quantitative estimate of drug-likeness (QED) is 0.731. The largest absolute Gasteiger partial charge is 0.462 e. The summed E-state index contributed by atoms with van der Waals surface area (Å²) in [5.74, 6) is -0.228. The van der Waals surface area contributed by atoms with Gasteiger partial charge in [0, 0.05) is 32.3 Å². The van der Waals surface area contributed by atoms with Crippen LogP contribution in [0.15, 0.2) is 54.4 Å². The summed E-state index contributed by atoms with van der Waals surface area (Å²) in [6.07, 6.45) is 3.52. The fraction of sp³-hybridized carbons (Fsp3) is 0.273. The predicted octanol–water partition coefficient (Wildman–Crippen LogP) is 2.26. The van der Waals surface area contributed by atoms with Gasteiger partial charge in [-0.2, -0.15) is 5.26 Å². The van der Waals surface area contributed by atoms with E-state index >= 15 is 0 Å². The third-order valence-electron chi connectivity index (χ3n) is 5.15. The molecule has 1 aromatic carbocycles. The molecule has 7 nitrogen and oxygen atoms in total. The predicted molar refractivity (Wildman–Crippen MR) is 107 cm³/mol. The molecule has 0 radical (unpaired) electrons. The Hall–Kier alpha value is -3.66. The number of carbonyl (C=O) groups excluding carboxylic acids is 2. The molecule has 148 valence electrons. The standard InChI is InChI=1S/C22H22N4O3/c1-22(15-16-8-5-4-6-9-16)21(28)25(2)18(20(27)26(22)3)14-17-10-7-12-24-19(17)29-13-11-23/h4-10,12,14H,13,15H2,1-3H3/b18-14-. The Morgan fingerprint density at radius 1 is 1.17 bits per heavy atom. The number of likely N-dealkylation sites (N-methyl/N-ethyl adjacent to an activating group) is 2. The molecule has 0 spiro atoms. The SMILES string of the molecule is CN1C(=O)C(C)(Cc2ccccc2)N(C)C(=O)/C1=C/c1cccnc1OCC#N. The maximum absolute atomic E-state index is 13.3. The minimum Gasteiger partial charge on any atom is -0.462 e. The molecule has 0 bridgehead atoms. The Morgan fingerprint density at radius 2 is 1.90 bits per heavy atom. The zero-order valence-electron chi connectivity index (χ0n) is 16.6. The summed E-state index contributed by atoms with van der Waals surface area (Å²) in [7, 11) is 3.23. The van der Waals surface area contributed by atoms with Crippen LogP contribution in [0.4, 0.5) is 0 Å². The van der Waals surface area contributed by atoms with Gasteiger partial charge >= 0.3 is 0 Å². The third-order valence-corrected chi connectivity index (χ3v) is 5.15. The molecular weight excluding hydrogens is 368 g/mol. The number of amides is 2. The first-order valence-corrected chi connectivity index (χ1v) is 9.15. The lowest BCUT2D eigenvalue weighted by Gasteiger charge is -2.45. The summed E-state index contributed by atoms with van der Waals surface area (Å²) in [6, 6.07) is 14.9. The van der Waals surface area contributed by atoms with Crippen molar-refractivity contribution in [2.45, 2.75) is 18.9 Å². The van der Waals surface area contributed by atoms with Gasteiger partial charge in [0.15, 0.2) is 6.61 Å². The van der Waals surface area contributed by atoms with Crippen LogP contribution < -0.4 is 4.74 Å². The Morgan fingerprint density at radius 3 is 2.59 bits per heavy atom. The lowest BCUT2D eigenvalue weighted by molar-refractivity contribution is -0.155. The number of hydrogen-bond acceptors (Lipinski definition) is 5. The van der Waals surface area contributed by atoms with Gasteiger partial charge in [0.25, 0.3) is 11.8 Å². The Kier molecular flexibility index (Phi) is 5.64. The molecule has 1 fully saturated rings. The number of rotatable bonds is 5. The highest BCUT2D eigenvalue weighted by Crippen LogP contribution is 2.32. The Labute approximate surface area is 169 Å². The van der Waals surface area contributed by atoms with Gasteiger partial charge in [0.1, 0.15) is 17.3 Å². The van der Waals surface area contributed by atoms with Crippen molar-refractivity contribution in [2.24, 2.45) is 0 Å². The minimum atomic E-state index is -1.00. The number of pyridine rings is 1.